The normalized spacial score (nSPS) is 23.9. The maximum absolute atomic E-state index is 10.9. The molecule has 2 rings (SSSR count). The van der Waals surface area contributed by atoms with Crippen molar-refractivity contribution in [1.29, 1.82) is 0 Å². The van der Waals surface area contributed by atoms with Crippen molar-refractivity contribution in [2.24, 2.45) is 5.92 Å². The molecule has 3 heteroatoms. The molecule has 0 aliphatic heterocycles. The fourth-order valence-corrected chi connectivity index (χ4v) is 3.82. The van der Waals surface area contributed by atoms with Crippen LogP contribution in [-0.4, -0.2) is 16.3 Å². The SMILES string of the molecule is Cc1ccc(C)c(SC2CCC(C(=O)O)CC2)c1. The van der Waals surface area contributed by atoms with Gasteiger partial charge in [0.2, 0.25) is 0 Å². The first kappa shape index (κ1) is 13.5. The number of thioether (sulfide) groups is 1. The van der Waals surface area contributed by atoms with Crippen molar-refractivity contribution < 1.29 is 9.90 Å². The molecule has 1 aliphatic rings. The second kappa shape index (κ2) is 5.79. The minimum Gasteiger partial charge on any atom is -0.481 e. The molecule has 98 valence electrons. The molecular weight excluding hydrogens is 244 g/mol. The first-order valence-electron chi connectivity index (χ1n) is 6.53. The maximum atomic E-state index is 10.9. The number of aryl methyl sites for hydroxylation is 2. The van der Waals surface area contributed by atoms with Gasteiger partial charge in [-0.05, 0) is 51.2 Å². The number of benzene rings is 1. The lowest BCUT2D eigenvalue weighted by atomic mass is 9.89. The Bertz CT molecular complexity index is 434. The van der Waals surface area contributed by atoms with Crippen LogP contribution in [0.3, 0.4) is 0 Å². The predicted octanol–water partition coefficient (Wildman–Crippen LogP) is 4.04. The molecule has 1 aliphatic carbocycles. The van der Waals surface area contributed by atoms with Gasteiger partial charge in [-0.1, -0.05) is 17.7 Å². The van der Waals surface area contributed by atoms with Gasteiger partial charge in [-0.2, -0.15) is 0 Å². The van der Waals surface area contributed by atoms with Gasteiger partial charge in [-0.3, -0.25) is 4.79 Å². The van der Waals surface area contributed by atoms with E-state index in [4.69, 9.17) is 5.11 Å². The summed E-state index contributed by atoms with van der Waals surface area (Å²) in [7, 11) is 0. The Morgan fingerprint density at radius 3 is 2.50 bits per heavy atom. The Labute approximate surface area is 113 Å². The fourth-order valence-electron chi connectivity index (χ4n) is 2.44. The van der Waals surface area contributed by atoms with Crippen LogP contribution in [0.2, 0.25) is 0 Å². The van der Waals surface area contributed by atoms with Gasteiger partial charge in [0.25, 0.3) is 0 Å². The van der Waals surface area contributed by atoms with E-state index in [1.165, 1.54) is 16.0 Å². The summed E-state index contributed by atoms with van der Waals surface area (Å²) in [5.74, 6) is -0.731. The number of rotatable bonds is 3. The van der Waals surface area contributed by atoms with Crippen LogP contribution >= 0.6 is 11.8 Å². The summed E-state index contributed by atoms with van der Waals surface area (Å²) < 4.78 is 0. The molecule has 0 atom stereocenters. The van der Waals surface area contributed by atoms with Crippen molar-refractivity contribution in [2.45, 2.75) is 49.7 Å². The molecule has 2 nitrogen and oxygen atoms in total. The predicted molar refractivity (Wildman–Crippen MR) is 75.2 cm³/mol. The lowest BCUT2D eigenvalue weighted by Crippen LogP contribution is -2.22. The van der Waals surface area contributed by atoms with Crippen LogP contribution in [0.4, 0.5) is 0 Å². The molecule has 1 aromatic carbocycles. The average Bonchev–Trinajstić information content (AvgIpc) is 2.34. The third-order valence-corrected chi connectivity index (χ3v) is 5.16. The number of aliphatic carboxylic acids is 1. The topological polar surface area (TPSA) is 37.3 Å². The van der Waals surface area contributed by atoms with Gasteiger partial charge in [-0.25, -0.2) is 0 Å². The Morgan fingerprint density at radius 1 is 1.22 bits per heavy atom. The van der Waals surface area contributed by atoms with Gasteiger partial charge >= 0.3 is 5.97 Å². The highest BCUT2D eigenvalue weighted by molar-refractivity contribution is 8.00. The molecule has 18 heavy (non-hydrogen) atoms. The Morgan fingerprint density at radius 2 is 1.89 bits per heavy atom. The second-order valence-corrected chi connectivity index (χ2v) is 6.54. The molecule has 0 spiro atoms. The summed E-state index contributed by atoms with van der Waals surface area (Å²) >= 11 is 1.93. The third kappa shape index (κ3) is 3.29. The first-order chi connectivity index (χ1) is 8.56. The van der Waals surface area contributed by atoms with Crippen LogP contribution in [0.5, 0.6) is 0 Å². The van der Waals surface area contributed by atoms with Crippen LogP contribution in [0.15, 0.2) is 23.1 Å². The van der Waals surface area contributed by atoms with E-state index in [1.54, 1.807) is 0 Å². The van der Waals surface area contributed by atoms with Crippen molar-refractivity contribution >= 4 is 17.7 Å². The molecule has 0 bridgehead atoms. The van der Waals surface area contributed by atoms with Gasteiger partial charge in [0, 0.05) is 10.1 Å². The van der Waals surface area contributed by atoms with E-state index in [2.05, 4.69) is 32.0 Å². The van der Waals surface area contributed by atoms with Gasteiger partial charge < -0.3 is 5.11 Å². The lowest BCUT2D eigenvalue weighted by molar-refractivity contribution is -0.142. The van der Waals surface area contributed by atoms with E-state index in [1.807, 2.05) is 11.8 Å². The van der Waals surface area contributed by atoms with Crippen molar-refractivity contribution in [3.63, 3.8) is 0 Å². The highest BCUT2D eigenvalue weighted by Gasteiger charge is 2.26. The van der Waals surface area contributed by atoms with Crippen LogP contribution in [0, 0.1) is 19.8 Å². The monoisotopic (exact) mass is 264 g/mol. The van der Waals surface area contributed by atoms with Crippen molar-refractivity contribution in [1.82, 2.24) is 0 Å². The Balaban J connectivity index is 1.95. The van der Waals surface area contributed by atoms with Gasteiger partial charge in [0.15, 0.2) is 0 Å². The number of carboxylic acids is 1. The summed E-state index contributed by atoms with van der Waals surface area (Å²) in [5.41, 5.74) is 2.62. The standard InChI is InChI=1S/C15H20O2S/c1-10-3-4-11(2)14(9-10)18-13-7-5-12(6-8-13)15(16)17/h3-4,9,12-13H,5-8H2,1-2H3,(H,16,17). The van der Waals surface area contributed by atoms with Crippen LogP contribution in [-0.2, 0) is 4.79 Å². The summed E-state index contributed by atoms with van der Waals surface area (Å²) in [6.45, 7) is 4.26. The summed E-state index contributed by atoms with van der Waals surface area (Å²) in [6.07, 6.45) is 3.71. The molecule has 0 unspecified atom stereocenters. The highest BCUT2D eigenvalue weighted by Crippen LogP contribution is 2.37. The number of carbonyl (C=O) groups is 1. The van der Waals surface area contributed by atoms with E-state index in [9.17, 15) is 4.79 Å². The number of hydrogen-bond donors (Lipinski definition) is 1. The van der Waals surface area contributed by atoms with Crippen molar-refractivity contribution in [3.05, 3.63) is 29.3 Å². The number of hydrogen-bond acceptors (Lipinski definition) is 2. The zero-order valence-electron chi connectivity index (χ0n) is 11.0. The highest BCUT2D eigenvalue weighted by atomic mass is 32.2. The molecule has 1 N–H and O–H groups in total. The molecule has 0 aromatic heterocycles. The molecule has 0 saturated heterocycles. The molecule has 1 aromatic rings. The molecule has 0 heterocycles. The summed E-state index contributed by atoms with van der Waals surface area (Å²) in [4.78, 5) is 12.3. The number of carboxylic acid groups (broad SMARTS) is 1. The quantitative estimate of drug-likeness (QED) is 0.895. The molecule has 1 saturated carbocycles. The first-order valence-corrected chi connectivity index (χ1v) is 7.41. The second-order valence-electron chi connectivity index (χ2n) is 5.20. The fraction of sp³-hybridized carbons (Fsp3) is 0.533. The molecule has 1 fully saturated rings. The molecule has 0 amide bonds. The zero-order valence-corrected chi connectivity index (χ0v) is 11.8. The Hall–Kier alpha value is -0.960. The zero-order chi connectivity index (χ0) is 13.1. The van der Waals surface area contributed by atoms with E-state index in [-0.39, 0.29) is 5.92 Å². The summed E-state index contributed by atoms with van der Waals surface area (Å²) in [6, 6.07) is 6.55. The van der Waals surface area contributed by atoms with Crippen LogP contribution in [0.25, 0.3) is 0 Å². The van der Waals surface area contributed by atoms with Gasteiger partial charge in [0.1, 0.15) is 0 Å². The maximum Gasteiger partial charge on any atom is 0.306 e. The largest absolute Gasteiger partial charge is 0.481 e. The average molecular weight is 264 g/mol. The lowest BCUT2D eigenvalue weighted by Gasteiger charge is -2.26. The smallest absolute Gasteiger partial charge is 0.306 e. The van der Waals surface area contributed by atoms with Crippen LogP contribution < -0.4 is 0 Å². The van der Waals surface area contributed by atoms with Crippen molar-refractivity contribution in [2.75, 3.05) is 0 Å². The van der Waals surface area contributed by atoms with E-state index < -0.39 is 5.97 Å². The summed E-state index contributed by atoms with van der Waals surface area (Å²) in [5, 5.41) is 9.57. The van der Waals surface area contributed by atoms with Gasteiger partial charge in [0.05, 0.1) is 5.92 Å². The minimum absolute atomic E-state index is 0.111. The van der Waals surface area contributed by atoms with E-state index in [0.717, 1.165) is 25.7 Å². The third-order valence-electron chi connectivity index (χ3n) is 3.66. The van der Waals surface area contributed by atoms with Crippen LogP contribution in [0.1, 0.15) is 36.8 Å². The minimum atomic E-state index is -0.620. The molecule has 0 radical (unpaired) electrons. The van der Waals surface area contributed by atoms with Gasteiger partial charge in [-0.15, -0.1) is 11.8 Å². The van der Waals surface area contributed by atoms with Crippen molar-refractivity contribution in [3.8, 4) is 0 Å². The Kier molecular flexibility index (Phi) is 4.33. The van der Waals surface area contributed by atoms with E-state index >= 15 is 0 Å². The molecular formula is C15H20O2S. The van der Waals surface area contributed by atoms with E-state index in [0.29, 0.717) is 5.25 Å².